The lowest BCUT2D eigenvalue weighted by Crippen LogP contribution is -2.27. The van der Waals surface area contributed by atoms with Gasteiger partial charge in [0.1, 0.15) is 17.0 Å². The highest BCUT2D eigenvalue weighted by molar-refractivity contribution is 5.87. The molecule has 0 aromatic heterocycles. The number of hydrogen-bond acceptors (Lipinski definition) is 3. The maximum atomic E-state index is 12.0. The molecule has 1 aromatic rings. The number of hydrogen-bond donors (Lipinski definition) is 1. The minimum Gasteiger partial charge on any atom is -0.487 e. The number of fused-ring (bicyclic) bond motifs is 1. The van der Waals surface area contributed by atoms with Gasteiger partial charge in [-0.25, -0.2) is 4.79 Å². The summed E-state index contributed by atoms with van der Waals surface area (Å²) in [4.78, 5) is 12.0. The minimum atomic E-state index is -0.505. The van der Waals surface area contributed by atoms with E-state index in [4.69, 9.17) is 9.47 Å². The molecular formula is C17H25NO3. The van der Waals surface area contributed by atoms with Crippen molar-refractivity contribution in [3.8, 4) is 5.75 Å². The molecule has 1 aliphatic rings. The van der Waals surface area contributed by atoms with Gasteiger partial charge in [-0.3, -0.25) is 5.32 Å². The van der Waals surface area contributed by atoms with Crippen LogP contribution in [-0.4, -0.2) is 17.3 Å². The second-order valence-corrected chi connectivity index (χ2v) is 7.33. The van der Waals surface area contributed by atoms with Crippen LogP contribution in [0.3, 0.4) is 0 Å². The lowest BCUT2D eigenvalue weighted by Gasteiger charge is -2.21. The van der Waals surface area contributed by atoms with Crippen molar-refractivity contribution < 1.29 is 14.3 Å². The Labute approximate surface area is 126 Å². The van der Waals surface area contributed by atoms with Crippen molar-refractivity contribution >= 4 is 11.8 Å². The molecule has 2 rings (SSSR count). The quantitative estimate of drug-likeness (QED) is 0.836. The Morgan fingerprint density at radius 1 is 1.29 bits per heavy atom. The third kappa shape index (κ3) is 3.49. The first-order valence-corrected chi connectivity index (χ1v) is 7.31. The van der Waals surface area contributed by atoms with Crippen LogP contribution in [0, 0.1) is 13.8 Å². The van der Waals surface area contributed by atoms with Gasteiger partial charge in [0.2, 0.25) is 0 Å². The van der Waals surface area contributed by atoms with Crippen LogP contribution in [0.2, 0.25) is 0 Å². The lowest BCUT2D eigenvalue weighted by molar-refractivity contribution is 0.0635. The Bertz CT molecular complexity index is 583. The van der Waals surface area contributed by atoms with Gasteiger partial charge in [0.25, 0.3) is 0 Å². The molecule has 1 amide bonds. The van der Waals surface area contributed by atoms with E-state index in [2.05, 4.69) is 19.2 Å². The van der Waals surface area contributed by atoms with Crippen LogP contribution in [0.1, 0.15) is 51.3 Å². The molecule has 0 unspecified atom stereocenters. The van der Waals surface area contributed by atoms with E-state index in [1.807, 2.05) is 40.7 Å². The zero-order chi connectivity index (χ0) is 16.0. The number of anilines is 1. The standard InChI is InChI=1S/C17H25NO3/c1-10-11(2)14-12(9-17(6,7)20-14)8-13(10)18-15(19)21-16(3,4)5/h8H,9H2,1-7H3,(H,18,19). The van der Waals surface area contributed by atoms with Gasteiger partial charge in [-0.05, 0) is 65.7 Å². The van der Waals surface area contributed by atoms with Crippen molar-refractivity contribution in [1.82, 2.24) is 0 Å². The van der Waals surface area contributed by atoms with Crippen LogP contribution < -0.4 is 10.1 Å². The number of nitrogens with one attached hydrogen (secondary N) is 1. The van der Waals surface area contributed by atoms with E-state index in [9.17, 15) is 4.79 Å². The van der Waals surface area contributed by atoms with E-state index in [1.165, 1.54) is 0 Å². The molecule has 0 atom stereocenters. The van der Waals surface area contributed by atoms with Crippen molar-refractivity contribution in [2.75, 3.05) is 5.32 Å². The van der Waals surface area contributed by atoms with Crippen LogP contribution in [0.4, 0.5) is 10.5 Å². The summed E-state index contributed by atoms with van der Waals surface area (Å²) in [6, 6.07) is 2.00. The first-order valence-electron chi connectivity index (χ1n) is 7.31. The normalized spacial score (nSPS) is 16.1. The second-order valence-electron chi connectivity index (χ2n) is 7.33. The minimum absolute atomic E-state index is 0.190. The summed E-state index contributed by atoms with van der Waals surface area (Å²) in [5.74, 6) is 0.951. The molecule has 0 fully saturated rings. The SMILES string of the molecule is Cc1c(NC(=O)OC(C)(C)C)cc2c(c1C)OC(C)(C)C2. The number of amides is 1. The van der Waals surface area contributed by atoms with Gasteiger partial charge in [0, 0.05) is 17.7 Å². The summed E-state index contributed by atoms with van der Waals surface area (Å²) in [7, 11) is 0. The van der Waals surface area contributed by atoms with Crippen molar-refractivity contribution in [3.63, 3.8) is 0 Å². The third-order valence-electron chi connectivity index (χ3n) is 3.55. The monoisotopic (exact) mass is 291 g/mol. The smallest absolute Gasteiger partial charge is 0.412 e. The van der Waals surface area contributed by atoms with E-state index in [0.717, 1.165) is 34.5 Å². The zero-order valence-electron chi connectivity index (χ0n) is 14.0. The summed E-state index contributed by atoms with van der Waals surface area (Å²) >= 11 is 0. The largest absolute Gasteiger partial charge is 0.487 e. The molecule has 0 radical (unpaired) electrons. The highest BCUT2D eigenvalue weighted by Crippen LogP contribution is 2.41. The summed E-state index contributed by atoms with van der Waals surface area (Å²) in [5.41, 5.74) is 3.32. The summed E-state index contributed by atoms with van der Waals surface area (Å²) in [6.45, 7) is 13.7. The Balaban J connectivity index is 2.27. The Hall–Kier alpha value is -1.71. The van der Waals surface area contributed by atoms with Crippen LogP contribution in [0.25, 0.3) is 0 Å². The molecule has 116 valence electrons. The molecule has 0 aliphatic carbocycles. The number of ether oxygens (including phenoxy) is 2. The molecule has 1 N–H and O–H groups in total. The number of carbonyl (C=O) groups excluding carboxylic acids is 1. The topological polar surface area (TPSA) is 47.6 Å². The summed E-state index contributed by atoms with van der Waals surface area (Å²) in [6.07, 6.45) is 0.412. The average Bonchev–Trinajstić information content (AvgIpc) is 2.58. The van der Waals surface area contributed by atoms with Crippen molar-refractivity contribution in [2.45, 2.75) is 66.1 Å². The molecular weight excluding hydrogens is 266 g/mol. The molecule has 0 bridgehead atoms. The van der Waals surface area contributed by atoms with Crippen LogP contribution in [-0.2, 0) is 11.2 Å². The molecule has 4 heteroatoms. The fourth-order valence-electron chi connectivity index (χ4n) is 2.55. The Morgan fingerprint density at radius 3 is 2.48 bits per heavy atom. The first-order chi connectivity index (χ1) is 9.48. The highest BCUT2D eigenvalue weighted by atomic mass is 16.6. The van der Waals surface area contributed by atoms with E-state index in [0.29, 0.717) is 0 Å². The van der Waals surface area contributed by atoms with E-state index in [1.54, 1.807) is 0 Å². The predicted octanol–water partition coefficient (Wildman–Crippen LogP) is 4.36. The van der Waals surface area contributed by atoms with Gasteiger partial charge in [0.15, 0.2) is 0 Å². The maximum absolute atomic E-state index is 12.0. The lowest BCUT2D eigenvalue weighted by atomic mass is 9.97. The number of rotatable bonds is 1. The predicted molar refractivity (Wildman–Crippen MR) is 84.2 cm³/mol. The fourth-order valence-corrected chi connectivity index (χ4v) is 2.55. The maximum Gasteiger partial charge on any atom is 0.412 e. The molecule has 4 nitrogen and oxygen atoms in total. The summed E-state index contributed by atoms with van der Waals surface area (Å²) in [5, 5.41) is 2.85. The molecule has 1 heterocycles. The fraction of sp³-hybridized carbons (Fsp3) is 0.588. The van der Waals surface area contributed by atoms with Gasteiger partial charge in [-0.1, -0.05) is 0 Å². The first kappa shape index (κ1) is 15.7. The van der Waals surface area contributed by atoms with E-state index >= 15 is 0 Å². The Kier molecular flexibility index (Phi) is 3.68. The molecule has 0 saturated heterocycles. The van der Waals surface area contributed by atoms with Gasteiger partial charge >= 0.3 is 6.09 Å². The third-order valence-corrected chi connectivity index (χ3v) is 3.55. The molecule has 1 aromatic carbocycles. The van der Waals surface area contributed by atoms with Gasteiger partial charge < -0.3 is 9.47 Å². The Morgan fingerprint density at radius 2 is 1.90 bits per heavy atom. The second kappa shape index (κ2) is 4.93. The van der Waals surface area contributed by atoms with E-state index < -0.39 is 11.7 Å². The molecule has 21 heavy (non-hydrogen) atoms. The van der Waals surface area contributed by atoms with Crippen LogP contribution in [0.15, 0.2) is 6.07 Å². The number of benzene rings is 1. The highest BCUT2D eigenvalue weighted by Gasteiger charge is 2.32. The van der Waals surface area contributed by atoms with Crippen LogP contribution in [0.5, 0.6) is 5.75 Å². The molecule has 1 aliphatic heterocycles. The molecule has 0 spiro atoms. The summed E-state index contributed by atoms with van der Waals surface area (Å²) < 4.78 is 11.3. The van der Waals surface area contributed by atoms with Crippen molar-refractivity contribution in [1.29, 1.82) is 0 Å². The van der Waals surface area contributed by atoms with Gasteiger partial charge in [-0.15, -0.1) is 0 Å². The van der Waals surface area contributed by atoms with Crippen molar-refractivity contribution in [3.05, 3.63) is 22.8 Å². The van der Waals surface area contributed by atoms with E-state index in [-0.39, 0.29) is 5.60 Å². The molecule has 0 saturated carbocycles. The van der Waals surface area contributed by atoms with Crippen molar-refractivity contribution in [2.24, 2.45) is 0 Å². The van der Waals surface area contributed by atoms with Gasteiger partial charge in [0.05, 0.1) is 0 Å². The van der Waals surface area contributed by atoms with Crippen LogP contribution >= 0.6 is 0 Å². The average molecular weight is 291 g/mol. The number of carbonyl (C=O) groups is 1. The zero-order valence-corrected chi connectivity index (χ0v) is 14.0. The van der Waals surface area contributed by atoms with Gasteiger partial charge in [-0.2, -0.15) is 0 Å².